The van der Waals surface area contributed by atoms with Crippen molar-refractivity contribution in [2.45, 2.75) is 11.8 Å². The molecule has 2 aromatic rings. The molecule has 1 aromatic heterocycles. The summed E-state index contributed by atoms with van der Waals surface area (Å²) in [4.78, 5) is 4.36. The second kappa shape index (κ2) is 5.88. The summed E-state index contributed by atoms with van der Waals surface area (Å²) >= 11 is 0. The first-order chi connectivity index (χ1) is 9.53. The fourth-order valence-electron chi connectivity index (χ4n) is 1.72. The summed E-state index contributed by atoms with van der Waals surface area (Å²) in [6.45, 7) is 1.73. The molecule has 0 unspecified atom stereocenters. The predicted octanol–water partition coefficient (Wildman–Crippen LogP) is 2.92. The minimum absolute atomic E-state index is 0.230. The van der Waals surface area contributed by atoms with E-state index in [-0.39, 0.29) is 4.90 Å². The average molecular weight is 289 g/mol. The Labute approximate surface area is 118 Å². The number of aromatic nitrogens is 1. The van der Waals surface area contributed by atoms with Crippen molar-refractivity contribution in [3.63, 3.8) is 0 Å². The van der Waals surface area contributed by atoms with Crippen molar-refractivity contribution in [3.05, 3.63) is 59.8 Å². The van der Waals surface area contributed by atoms with Crippen LogP contribution < -0.4 is 4.74 Å². The summed E-state index contributed by atoms with van der Waals surface area (Å²) in [6.07, 6.45) is 1.63. The molecule has 0 N–H and O–H groups in total. The van der Waals surface area contributed by atoms with E-state index in [0.29, 0.717) is 17.0 Å². The number of rotatable bonds is 4. The van der Waals surface area contributed by atoms with E-state index in [1.54, 1.807) is 37.4 Å². The Morgan fingerprint density at radius 1 is 1.15 bits per heavy atom. The highest BCUT2D eigenvalue weighted by Crippen LogP contribution is 2.20. The van der Waals surface area contributed by atoms with Crippen LogP contribution in [0.15, 0.2) is 59.0 Å². The van der Waals surface area contributed by atoms with E-state index >= 15 is 0 Å². The number of sulfone groups is 1. The molecule has 104 valence electrons. The quantitative estimate of drug-likeness (QED) is 0.868. The van der Waals surface area contributed by atoms with E-state index in [1.807, 2.05) is 6.07 Å². The maximum absolute atomic E-state index is 12.3. The van der Waals surface area contributed by atoms with Gasteiger partial charge in [0.05, 0.1) is 17.7 Å². The van der Waals surface area contributed by atoms with Crippen LogP contribution in [0, 0.1) is 0 Å². The molecule has 0 atom stereocenters. The fraction of sp³-hybridized carbons (Fsp3) is 0.133. The SMILES string of the molecule is COc1ccc(S(=O)(=O)/C=C(\C)c2ccccn2)cc1. The summed E-state index contributed by atoms with van der Waals surface area (Å²) < 4.78 is 29.6. The van der Waals surface area contributed by atoms with Gasteiger partial charge in [-0.25, -0.2) is 8.42 Å². The smallest absolute Gasteiger partial charge is 0.200 e. The fourth-order valence-corrected chi connectivity index (χ4v) is 2.96. The van der Waals surface area contributed by atoms with Gasteiger partial charge in [0.2, 0.25) is 0 Å². The molecule has 0 amide bonds. The third-order valence-electron chi connectivity index (χ3n) is 2.79. The second-order valence-electron chi connectivity index (χ2n) is 4.24. The third-order valence-corrected chi connectivity index (χ3v) is 4.38. The van der Waals surface area contributed by atoms with Crippen molar-refractivity contribution in [2.75, 3.05) is 7.11 Å². The van der Waals surface area contributed by atoms with Gasteiger partial charge in [0.25, 0.3) is 0 Å². The zero-order valence-corrected chi connectivity index (χ0v) is 12.1. The van der Waals surface area contributed by atoms with Gasteiger partial charge in [-0.05, 0) is 48.9 Å². The van der Waals surface area contributed by atoms with Gasteiger partial charge < -0.3 is 4.74 Å². The number of pyridine rings is 1. The molecule has 0 aliphatic heterocycles. The molecule has 5 heteroatoms. The van der Waals surface area contributed by atoms with Gasteiger partial charge in [0.15, 0.2) is 9.84 Å². The van der Waals surface area contributed by atoms with Crippen LogP contribution in [0.3, 0.4) is 0 Å². The van der Waals surface area contributed by atoms with E-state index in [1.165, 1.54) is 24.7 Å². The number of allylic oxidation sites excluding steroid dienone is 1. The molecular weight excluding hydrogens is 274 g/mol. The van der Waals surface area contributed by atoms with Crippen molar-refractivity contribution < 1.29 is 13.2 Å². The molecule has 0 aliphatic rings. The van der Waals surface area contributed by atoms with E-state index in [0.717, 1.165) is 0 Å². The highest BCUT2D eigenvalue weighted by Gasteiger charge is 2.12. The van der Waals surface area contributed by atoms with Gasteiger partial charge in [-0.15, -0.1) is 0 Å². The van der Waals surface area contributed by atoms with Gasteiger partial charge >= 0.3 is 0 Å². The molecule has 0 spiro atoms. The van der Waals surface area contributed by atoms with Crippen LogP contribution >= 0.6 is 0 Å². The van der Waals surface area contributed by atoms with Gasteiger partial charge in [0.1, 0.15) is 5.75 Å². The number of hydrogen-bond acceptors (Lipinski definition) is 4. The lowest BCUT2D eigenvalue weighted by Gasteiger charge is -2.04. The van der Waals surface area contributed by atoms with Gasteiger partial charge in [0, 0.05) is 11.6 Å². The van der Waals surface area contributed by atoms with Gasteiger partial charge in [-0.2, -0.15) is 0 Å². The minimum atomic E-state index is -3.49. The average Bonchev–Trinajstić information content (AvgIpc) is 2.48. The third kappa shape index (κ3) is 3.24. The van der Waals surface area contributed by atoms with Crippen LogP contribution in [0.2, 0.25) is 0 Å². The van der Waals surface area contributed by atoms with Gasteiger partial charge in [-0.3, -0.25) is 4.98 Å². The number of benzene rings is 1. The van der Waals surface area contributed by atoms with Crippen LogP contribution in [-0.4, -0.2) is 20.5 Å². The first kappa shape index (κ1) is 14.3. The molecule has 0 aliphatic carbocycles. The molecule has 4 nitrogen and oxygen atoms in total. The highest BCUT2D eigenvalue weighted by molar-refractivity contribution is 7.94. The monoisotopic (exact) mass is 289 g/mol. The van der Waals surface area contributed by atoms with Crippen molar-refractivity contribution in [2.24, 2.45) is 0 Å². The van der Waals surface area contributed by atoms with Crippen molar-refractivity contribution in [1.82, 2.24) is 4.98 Å². The Morgan fingerprint density at radius 3 is 2.40 bits per heavy atom. The molecule has 0 saturated carbocycles. The first-order valence-electron chi connectivity index (χ1n) is 6.02. The summed E-state index contributed by atoms with van der Waals surface area (Å²) in [7, 11) is -1.95. The molecule has 20 heavy (non-hydrogen) atoms. The van der Waals surface area contributed by atoms with Crippen LogP contribution in [0.5, 0.6) is 5.75 Å². The van der Waals surface area contributed by atoms with Crippen LogP contribution in [0.25, 0.3) is 5.57 Å². The van der Waals surface area contributed by atoms with Crippen LogP contribution in [-0.2, 0) is 9.84 Å². The van der Waals surface area contributed by atoms with Crippen LogP contribution in [0.1, 0.15) is 12.6 Å². The second-order valence-corrected chi connectivity index (χ2v) is 6.03. The molecule has 0 fully saturated rings. The lowest BCUT2D eigenvalue weighted by molar-refractivity contribution is 0.414. The summed E-state index contributed by atoms with van der Waals surface area (Å²) in [6, 6.07) is 11.7. The van der Waals surface area contributed by atoms with E-state index in [4.69, 9.17) is 4.74 Å². The molecule has 1 aromatic carbocycles. The van der Waals surface area contributed by atoms with Crippen molar-refractivity contribution in [1.29, 1.82) is 0 Å². The van der Waals surface area contributed by atoms with Crippen molar-refractivity contribution in [3.8, 4) is 5.75 Å². The first-order valence-corrected chi connectivity index (χ1v) is 7.56. The Balaban J connectivity index is 2.35. The summed E-state index contributed by atoms with van der Waals surface area (Å²) in [5, 5.41) is 1.23. The molecule has 0 bridgehead atoms. The normalized spacial score (nSPS) is 12.2. The van der Waals surface area contributed by atoms with Crippen LogP contribution in [0.4, 0.5) is 0 Å². The topological polar surface area (TPSA) is 56.3 Å². The maximum atomic E-state index is 12.3. The molecule has 0 saturated heterocycles. The number of nitrogens with zero attached hydrogens (tertiary/aromatic N) is 1. The van der Waals surface area contributed by atoms with Gasteiger partial charge in [-0.1, -0.05) is 6.07 Å². The lowest BCUT2D eigenvalue weighted by Crippen LogP contribution is -1.98. The van der Waals surface area contributed by atoms with E-state index in [9.17, 15) is 8.42 Å². The Morgan fingerprint density at radius 2 is 1.85 bits per heavy atom. The van der Waals surface area contributed by atoms with Crippen molar-refractivity contribution >= 4 is 15.4 Å². The lowest BCUT2D eigenvalue weighted by atomic mass is 10.2. The Bertz CT molecular complexity index is 705. The Hall–Kier alpha value is -2.14. The summed E-state index contributed by atoms with van der Waals surface area (Å²) in [5.74, 6) is 0.620. The molecule has 1 heterocycles. The number of methoxy groups -OCH3 is 1. The zero-order valence-electron chi connectivity index (χ0n) is 11.3. The predicted molar refractivity (Wildman–Crippen MR) is 78.1 cm³/mol. The number of hydrogen-bond donors (Lipinski definition) is 0. The van der Waals surface area contributed by atoms with E-state index < -0.39 is 9.84 Å². The molecular formula is C15H15NO3S. The van der Waals surface area contributed by atoms with E-state index in [2.05, 4.69) is 4.98 Å². The molecule has 0 radical (unpaired) electrons. The molecule has 2 rings (SSSR count). The largest absolute Gasteiger partial charge is 0.497 e. The minimum Gasteiger partial charge on any atom is -0.497 e. The highest BCUT2D eigenvalue weighted by atomic mass is 32.2. The standard InChI is InChI=1S/C15H15NO3S/c1-12(15-5-3-4-10-16-15)11-20(17,18)14-8-6-13(19-2)7-9-14/h3-11H,1-2H3/b12-11+. The zero-order chi connectivity index (χ0) is 14.6. The Kier molecular flexibility index (Phi) is 4.20. The maximum Gasteiger partial charge on any atom is 0.200 e. The number of ether oxygens (including phenoxy) is 1. The summed E-state index contributed by atoms with van der Waals surface area (Å²) in [5.41, 5.74) is 1.24.